The second-order valence-electron chi connectivity index (χ2n) is 6.28. The second-order valence-corrected chi connectivity index (χ2v) is 8.13. The van der Waals surface area contributed by atoms with Gasteiger partial charge in [-0.15, -0.1) is 0 Å². The number of benzene rings is 2. The molecule has 162 valence electrons. The van der Waals surface area contributed by atoms with E-state index in [9.17, 15) is 14.4 Å². The summed E-state index contributed by atoms with van der Waals surface area (Å²) in [6.45, 7) is 0.916. The Morgan fingerprint density at radius 1 is 1.16 bits per heavy atom. The summed E-state index contributed by atoms with van der Waals surface area (Å²) >= 11 is 13.1. The van der Waals surface area contributed by atoms with Gasteiger partial charge < -0.3 is 19.4 Å². The van der Waals surface area contributed by atoms with Gasteiger partial charge in [-0.1, -0.05) is 34.5 Å². The first-order chi connectivity index (χ1) is 14.8. The van der Waals surface area contributed by atoms with E-state index in [-0.39, 0.29) is 28.9 Å². The number of methoxy groups -OCH3 is 1. The molecule has 0 saturated carbocycles. The Bertz CT molecular complexity index is 1240. The minimum Gasteiger partial charge on any atom is -0.482 e. The maximum atomic E-state index is 12.4. The minimum absolute atomic E-state index is 0.133. The van der Waals surface area contributed by atoms with Crippen LogP contribution in [0.3, 0.4) is 0 Å². The maximum Gasteiger partial charge on any atom is 0.325 e. The summed E-state index contributed by atoms with van der Waals surface area (Å²) in [4.78, 5) is 40.0. The summed E-state index contributed by atoms with van der Waals surface area (Å²) in [5, 5.41) is 3.41. The highest BCUT2D eigenvalue weighted by Gasteiger charge is 2.13. The first-order valence-electron chi connectivity index (χ1n) is 8.90. The highest BCUT2D eigenvalue weighted by atomic mass is 35.5. The van der Waals surface area contributed by atoms with Gasteiger partial charge in [0.1, 0.15) is 12.3 Å². The van der Waals surface area contributed by atoms with E-state index >= 15 is 0 Å². The van der Waals surface area contributed by atoms with E-state index in [1.54, 1.807) is 34.9 Å². The van der Waals surface area contributed by atoms with Crippen molar-refractivity contribution in [3.63, 3.8) is 0 Å². The van der Waals surface area contributed by atoms with Crippen LogP contribution in [0.2, 0.25) is 10.0 Å². The summed E-state index contributed by atoms with van der Waals surface area (Å²) in [7, 11) is 1.28. The smallest absolute Gasteiger partial charge is 0.325 e. The number of esters is 1. The lowest BCUT2D eigenvalue weighted by Gasteiger charge is -2.06. The van der Waals surface area contributed by atoms with Crippen LogP contribution >= 0.6 is 34.5 Å². The molecule has 0 saturated heterocycles. The topological polar surface area (TPSA) is 99.0 Å². The molecule has 3 rings (SSSR count). The highest BCUT2D eigenvalue weighted by molar-refractivity contribution is 7.16. The molecule has 11 heteroatoms. The van der Waals surface area contributed by atoms with Crippen molar-refractivity contribution in [2.45, 2.75) is 13.5 Å². The Kier molecular flexibility index (Phi) is 7.32. The number of hydrogen-bond acceptors (Lipinski definition) is 6. The number of aromatic nitrogens is 1. The third-order valence-corrected chi connectivity index (χ3v) is 5.56. The predicted octanol–water partition coefficient (Wildman–Crippen LogP) is 3.65. The van der Waals surface area contributed by atoms with Gasteiger partial charge in [0.25, 0.3) is 5.91 Å². The summed E-state index contributed by atoms with van der Waals surface area (Å²) in [5.74, 6) is -0.980. The lowest BCUT2D eigenvalue weighted by atomic mass is 10.3. The molecular formula is C20H17Cl2N3O5S. The van der Waals surface area contributed by atoms with E-state index < -0.39 is 11.9 Å². The standard InChI is InChI=1S/C20H17Cl2N3O5S/c1-11(26)23-13-4-5-15-17(8-13)31-20(25(15)9-19(28)29-2)24-18(27)10-30-16-6-3-12(21)7-14(16)22/h3-8H,9-10H2,1-2H3,(H,23,26). The van der Waals surface area contributed by atoms with Crippen molar-refractivity contribution < 1.29 is 23.9 Å². The lowest BCUT2D eigenvalue weighted by molar-refractivity contribution is -0.141. The molecule has 0 radical (unpaired) electrons. The third-order valence-electron chi connectivity index (χ3n) is 3.98. The average Bonchev–Trinajstić information content (AvgIpc) is 3.02. The number of halogens is 2. The number of carbonyl (C=O) groups is 3. The van der Waals surface area contributed by atoms with Crippen LogP contribution in [-0.4, -0.2) is 36.1 Å². The Hall–Kier alpha value is -2.88. The van der Waals surface area contributed by atoms with Crippen LogP contribution in [0.5, 0.6) is 5.75 Å². The van der Waals surface area contributed by atoms with Crippen LogP contribution in [0, 0.1) is 0 Å². The van der Waals surface area contributed by atoms with E-state index in [0.717, 1.165) is 4.70 Å². The minimum atomic E-state index is -0.571. The summed E-state index contributed by atoms with van der Waals surface area (Å²) in [6.07, 6.45) is 0. The number of amides is 2. The Balaban J connectivity index is 1.92. The Morgan fingerprint density at radius 2 is 1.94 bits per heavy atom. The number of thiazole rings is 1. The normalized spacial score (nSPS) is 11.4. The number of carbonyl (C=O) groups excluding carboxylic acids is 3. The first-order valence-corrected chi connectivity index (χ1v) is 10.5. The summed E-state index contributed by atoms with van der Waals surface area (Å²) in [5.41, 5.74) is 1.25. The van der Waals surface area contributed by atoms with E-state index in [0.29, 0.717) is 22.0 Å². The number of fused-ring (bicyclic) bond motifs is 1. The van der Waals surface area contributed by atoms with Crippen molar-refractivity contribution in [2.75, 3.05) is 19.0 Å². The van der Waals surface area contributed by atoms with Crippen molar-refractivity contribution in [1.29, 1.82) is 0 Å². The van der Waals surface area contributed by atoms with Gasteiger partial charge in [-0.2, -0.15) is 4.99 Å². The fourth-order valence-corrected chi connectivity index (χ4v) is 4.21. The number of nitrogens with zero attached hydrogens (tertiary/aromatic N) is 2. The number of hydrogen-bond donors (Lipinski definition) is 1. The molecule has 3 aromatic rings. The molecule has 0 unspecified atom stereocenters. The SMILES string of the molecule is COC(=O)Cn1c(=NC(=O)COc2ccc(Cl)cc2Cl)sc2cc(NC(C)=O)ccc21. The fraction of sp³-hybridized carbons (Fsp3) is 0.200. The first kappa shape index (κ1) is 22.8. The van der Waals surface area contributed by atoms with Gasteiger partial charge in [-0.25, -0.2) is 0 Å². The van der Waals surface area contributed by atoms with Gasteiger partial charge >= 0.3 is 5.97 Å². The quantitative estimate of drug-likeness (QED) is 0.541. The van der Waals surface area contributed by atoms with Gasteiger partial charge in [0, 0.05) is 17.6 Å². The molecule has 31 heavy (non-hydrogen) atoms. The third kappa shape index (κ3) is 5.84. The lowest BCUT2D eigenvalue weighted by Crippen LogP contribution is -2.23. The molecule has 2 aromatic carbocycles. The van der Waals surface area contributed by atoms with Gasteiger partial charge in [-0.3, -0.25) is 14.4 Å². The average molecular weight is 482 g/mol. The molecule has 0 spiro atoms. The van der Waals surface area contributed by atoms with E-state index in [1.165, 1.54) is 31.4 Å². The van der Waals surface area contributed by atoms with Crippen molar-refractivity contribution >= 4 is 68.2 Å². The Labute approximate surface area is 191 Å². The van der Waals surface area contributed by atoms with Gasteiger partial charge in [-0.05, 0) is 36.4 Å². The van der Waals surface area contributed by atoms with Crippen molar-refractivity contribution in [3.05, 3.63) is 51.2 Å². The molecule has 2 amide bonds. The van der Waals surface area contributed by atoms with Crippen LogP contribution in [0.1, 0.15) is 6.92 Å². The molecule has 1 aromatic heterocycles. The molecule has 1 N–H and O–H groups in total. The van der Waals surface area contributed by atoms with Gasteiger partial charge in [0.05, 0.1) is 22.3 Å². The summed E-state index contributed by atoms with van der Waals surface area (Å²) < 4.78 is 12.5. The van der Waals surface area contributed by atoms with E-state index in [1.807, 2.05) is 0 Å². The molecule has 0 fully saturated rings. The molecule has 0 aliphatic rings. The van der Waals surface area contributed by atoms with Crippen LogP contribution in [0.15, 0.2) is 41.4 Å². The van der Waals surface area contributed by atoms with Crippen LogP contribution < -0.4 is 14.9 Å². The van der Waals surface area contributed by atoms with E-state index in [4.69, 9.17) is 32.7 Å². The molecule has 0 aliphatic carbocycles. The second kappa shape index (κ2) is 9.95. The number of nitrogens with one attached hydrogen (secondary N) is 1. The zero-order valence-corrected chi connectivity index (χ0v) is 18.8. The van der Waals surface area contributed by atoms with Gasteiger partial charge in [0.15, 0.2) is 11.4 Å². The maximum absolute atomic E-state index is 12.4. The molecule has 0 bridgehead atoms. The van der Waals surface area contributed by atoms with Gasteiger partial charge in [0.2, 0.25) is 5.91 Å². The van der Waals surface area contributed by atoms with Crippen molar-refractivity contribution in [1.82, 2.24) is 4.57 Å². The monoisotopic (exact) mass is 481 g/mol. The molecular weight excluding hydrogens is 465 g/mol. The molecule has 0 atom stereocenters. The predicted molar refractivity (Wildman–Crippen MR) is 119 cm³/mol. The van der Waals surface area contributed by atoms with Crippen LogP contribution in [-0.2, 0) is 25.7 Å². The molecule has 0 aliphatic heterocycles. The highest BCUT2D eigenvalue weighted by Crippen LogP contribution is 2.27. The van der Waals surface area contributed by atoms with Crippen molar-refractivity contribution in [3.8, 4) is 5.75 Å². The number of anilines is 1. The Morgan fingerprint density at radius 3 is 2.61 bits per heavy atom. The zero-order valence-electron chi connectivity index (χ0n) is 16.5. The zero-order chi connectivity index (χ0) is 22.5. The fourth-order valence-electron chi connectivity index (χ4n) is 2.66. The van der Waals surface area contributed by atoms with E-state index in [2.05, 4.69) is 10.3 Å². The number of rotatable bonds is 6. The van der Waals surface area contributed by atoms with Crippen molar-refractivity contribution in [2.24, 2.45) is 4.99 Å². The molecule has 1 heterocycles. The van der Waals surface area contributed by atoms with Crippen LogP contribution in [0.25, 0.3) is 10.2 Å². The molecule has 8 nitrogen and oxygen atoms in total. The number of ether oxygens (including phenoxy) is 2. The summed E-state index contributed by atoms with van der Waals surface area (Å²) in [6, 6.07) is 9.81. The van der Waals surface area contributed by atoms with Crippen LogP contribution in [0.4, 0.5) is 5.69 Å². The largest absolute Gasteiger partial charge is 0.482 e.